The number of fused-ring (bicyclic) bond motifs is 1. The number of carbonyl (C=O) groups is 1. The molecule has 1 fully saturated rings. The number of halogens is 2. The predicted molar refractivity (Wildman–Crippen MR) is 105 cm³/mol. The Balaban J connectivity index is 0.00000156. The SMILES string of the molecule is COC(CN)CC(=O)N1CCN(c2ncnc3ccsc23)CC1.Cl.Cl. The number of rotatable bonds is 5. The third-order valence-corrected chi connectivity index (χ3v) is 5.05. The van der Waals surface area contributed by atoms with Gasteiger partial charge in [-0.05, 0) is 11.4 Å². The van der Waals surface area contributed by atoms with Crippen LogP contribution in [0.3, 0.4) is 0 Å². The van der Waals surface area contributed by atoms with E-state index in [1.807, 2.05) is 16.3 Å². The first-order valence-corrected chi connectivity index (χ1v) is 8.54. The molecule has 0 aromatic carbocycles. The van der Waals surface area contributed by atoms with E-state index in [2.05, 4.69) is 14.9 Å². The average Bonchev–Trinajstić information content (AvgIpc) is 3.08. The van der Waals surface area contributed by atoms with E-state index in [1.54, 1.807) is 24.8 Å². The topological polar surface area (TPSA) is 84.6 Å². The summed E-state index contributed by atoms with van der Waals surface area (Å²) in [7, 11) is 1.59. The molecule has 25 heavy (non-hydrogen) atoms. The van der Waals surface area contributed by atoms with Crippen molar-refractivity contribution in [1.29, 1.82) is 0 Å². The molecule has 2 N–H and O–H groups in total. The van der Waals surface area contributed by atoms with Crippen molar-refractivity contribution in [1.82, 2.24) is 14.9 Å². The molecular formula is C15H23Cl2N5O2S. The molecule has 1 saturated heterocycles. The molecule has 3 rings (SSSR count). The van der Waals surface area contributed by atoms with Crippen LogP contribution in [0.25, 0.3) is 10.2 Å². The average molecular weight is 408 g/mol. The fraction of sp³-hybridized carbons (Fsp3) is 0.533. The number of amides is 1. The highest BCUT2D eigenvalue weighted by molar-refractivity contribution is 7.17. The zero-order valence-corrected chi connectivity index (χ0v) is 16.4. The Bertz CT molecular complexity index is 675. The lowest BCUT2D eigenvalue weighted by atomic mass is 10.2. The van der Waals surface area contributed by atoms with Crippen LogP contribution in [0.15, 0.2) is 17.8 Å². The summed E-state index contributed by atoms with van der Waals surface area (Å²) in [4.78, 5) is 25.1. The van der Waals surface area contributed by atoms with Crippen LogP contribution in [0.2, 0.25) is 0 Å². The van der Waals surface area contributed by atoms with Crippen LogP contribution in [0.5, 0.6) is 0 Å². The first kappa shape index (κ1) is 21.9. The zero-order valence-electron chi connectivity index (χ0n) is 14.0. The van der Waals surface area contributed by atoms with Gasteiger partial charge in [0.15, 0.2) is 0 Å². The van der Waals surface area contributed by atoms with E-state index in [9.17, 15) is 4.79 Å². The van der Waals surface area contributed by atoms with E-state index in [0.717, 1.165) is 29.1 Å². The minimum absolute atomic E-state index is 0. The van der Waals surface area contributed by atoms with E-state index >= 15 is 0 Å². The molecule has 2 aromatic heterocycles. The number of nitrogens with two attached hydrogens (primary N) is 1. The Hall–Kier alpha value is -1.19. The van der Waals surface area contributed by atoms with Gasteiger partial charge in [-0.25, -0.2) is 9.97 Å². The summed E-state index contributed by atoms with van der Waals surface area (Å²) in [6.07, 6.45) is 1.75. The highest BCUT2D eigenvalue weighted by Gasteiger charge is 2.24. The minimum atomic E-state index is -0.201. The van der Waals surface area contributed by atoms with E-state index < -0.39 is 0 Å². The van der Waals surface area contributed by atoms with Gasteiger partial charge in [-0.3, -0.25) is 4.79 Å². The van der Waals surface area contributed by atoms with Crippen LogP contribution in [0, 0.1) is 0 Å². The first-order valence-electron chi connectivity index (χ1n) is 7.66. The van der Waals surface area contributed by atoms with Crippen molar-refractivity contribution in [2.24, 2.45) is 5.73 Å². The summed E-state index contributed by atoms with van der Waals surface area (Å²) < 4.78 is 6.30. The Morgan fingerprint density at radius 2 is 2.04 bits per heavy atom. The molecule has 1 aliphatic rings. The molecule has 0 radical (unpaired) electrons. The van der Waals surface area contributed by atoms with Crippen molar-refractivity contribution in [3.63, 3.8) is 0 Å². The molecule has 0 aliphatic carbocycles. The van der Waals surface area contributed by atoms with Gasteiger partial charge in [0.25, 0.3) is 0 Å². The van der Waals surface area contributed by atoms with Gasteiger partial charge in [0, 0.05) is 39.8 Å². The Morgan fingerprint density at radius 3 is 2.68 bits per heavy atom. The Morgan fingerprint density at radius 1 is 1.32 bits per heavy atom. The largest absolute Gasteiger partial charge is 0.380 e. The second kappa shape index (κ2) is 10.1. The quantitative estimate of drug-likeness (QED) is 0.808. The molecule has 0 spiro atoms. The lowest BCUT2D eigenvalue weighted by Gasteiger charge is -2.36. The highest BCUT2D eigenvalue weighted by Crippen LogP contribution is 2.28. The van der Waals surface area contributed by atoms with Crippen molar-refractivity contribution >= 4 is 58.1 Å². The summed E-state index contributed by atoms with van der Waals surface area (Å²) in [6.45, 7) is 3.29. The van der Waals surface area contributed by atoms with Crippen molar-refractivity contribution in [2.75, 3.05) is 44.7 Å². The number of methoxy groups -OCH3 is 1. The Labute approximate surface area is 163 Å². The number of piperazine rings is 1. The molecule has 2 aromatic rings. The van der Waals surface area contributed by atoms with Crippen molar-refractivity contribution in [2.45, 2.75) is 12.5 Å². The molecule has 10 heteroatoms. The van der Waals surface area contributed by atoms with E-state index in [0.29, 0.717) is 26.1 Å². The fourth-order valence-electron chi connectivity index (χ4n) is 2.76. The van der Waals surface area contributed by atoms with Crippen LogP contribution < -0.4 is 10.6 Å². The van der Waals surface area contributed by atoms with Gasteiger partial charge in [-0.1, -0.05) is 0 Å². The van der Waals surface area contributed by atoms with Crippen molar-refractivity contribution in [3.8, 4) is 0 Å². The molecule has 7 nitrogen and oxygen atoms in total. The maximum atomic E-state index is 12.3. The van der Waals surface area contributed by atoms with Gasteiger partial charge >= 0.3 is 0 Å². The normalized spacial score (nSPS) is 15.4. The number of aromatic nitrogens is 2. The van der Waals surface area contributed by atoms with Gasteiger partial charge in [-0.2, -0.15) is 0 Å². The van der Waals surface area contributed by atoms with Crippen LogP contribution >= 0.6 is 36.2 Å². The minimum Gasteiger partial charge on any atom is -0.380 e. The molecule has 140 valence electrons. The molecule has 1 amide bonds. The lowest BCUT2D eigenvalue weighted by Crippen LogP contribution is -2.50. The van der Waals surface area contributed by atoms with E-state index in [-0.39, 0.29) is 36.8 Å². The first-order chi connectivity index (χ1) is 11.2. The van der Waals surface area contributed by atoms with Crippen LogP contribution in [0.4, 0.5) is 5.82 Å². The number of ether oxygens (including phenoxy) is 1. The number of thiophene rings is 1. The second-order valence-electron chi connectivity index (χ2n) is 5.50. The fourth-order valence-corrected chi connectivity index (χ4v) is 3.62. The second-order valence-corrected chi connectivity index (χ2v) is 6.41. The highest BCUT2D eigenvalue weighted by atomic mass is 35.5. The summed E-state index contributed by atoms with van der Waals surface area (Å²) >= 11 is 1.65. The molecular weight excluding hydrogens is 385 g/mol. The third kappa shape index (κ3) is 4.92. The van der Waals surface area contributed by atoms with Gasteiger partial charge in [0.2, 0.25) is 5.91 Å². The van der Waals surface area contributed by atoms with Crippen LogP contribution in [0.1, 0.15) is 6.42 Å². The summed E-state index contributed by atoms with van der Waals surface area (Å²) in [5.74, 6) is 1.07. The van der Waals surface area contributed by atoms with Crippen molar-refractivity contribution < 1.29 is 9.53 Å². The van der Waals surface area contributed by atoms with Crippen molar-refractivity contribution in [3.05, 3.63) is 17.8 Å². The smallest absolute Gasteiger partial charge is 0.225 e. The standard InChI is InChI=1S/C15H21N5O2S.2ClH/c1-22-11(9-16)8-13(21)19-3-5-20(6-4-19)15-14-12(2-7-23-14)17-10-18-15;;/h2,7,10-11H,3-6,8-9,16H2,1H3;2*1H. The maximum Gasteiger partial charge on any atom is 0.225 e. The molecule has 1 unspecified atom stereocenters. The number of nitrogens with zero attached hydrogens (tertiary/aromatic N) is 4. The summed E-state index contributed by atoms with van der Waals surface area (Å²) in [6, 6.07) is 2.00. The molecule has 3 heterocycles. The number of carbonyl (C=O) groups excluding carboxylic acids is 1. The summed E-state index contributed by atoms with van der Waals surface area (Å²) in [5, 5.41) is 2.03. The number of anilines is 1. The van der Waals surface area contributed by atoms with Gasteiger partial charge in [0.1, 0.15) is 12.1 Å². The number of hydrogen-bond acceptors (Lipinski definition) is 7. The molecule has 1 aliphatic heterocycles. The lowest BCUT2D eigenvalue weighted by molar-refractivity contribution is -0.133. The zero-order chi connectivity index (χ0) is 16.2. The molecule has 0 saturated carbocycles. The van der Waals surface area contributed by atoms with Gasteiger partial charge < -0.3 is 20.3 Å². The van der Waals surface area contributed by atoms with E-state index in [4.69, 9.17) is 10.5 Å². The monoisotopic (exact) mass is 407 g/mol. The molecule has 1 atom stereocenters. The van der Waals surface area contributed by atoms with Gasteiger partial charge in [-0.15, -0.1) is 36.2 Å². The van der Waals surface area contributed by atoms with Crippen LogP contribution in [-0.2, 0) is 9.53 Å². The third-order valence-electron chi connectivity index (χ3n) is 4.15. The Kier molecular flexibility index (Phi) is 8.81. The molecule has 0 bridgehead atoms. The maximum absolute atomic E-state index is 12.3. The van der Waals surface area contributed by atoms with E-state index in [1.165, 1.54) is 0 Å². The van der Waals surface area contributed by atoms with Gasteiger partial charge in [0.05, 0.1) is 22.7 Å². The van der Waals surface area contributed by atoms with Crippen LogP contribution in [-0.4, -0.2) is 66.7 Å². The number of hydrogen-bond donors (Lipinski definition) is 1. The predicted octanol–water partition coefficient (Wildman–Crippen LogP) is 1.55. The summed E-state index contributed by atoms with van der Waals surface area (Å²) in [5.41, 5.74) is 6.56.